The number of hydrogen-bond donors (Lipinski definition) is 2. The van der Waals surface area contributed by atoms with E-state index in [1.807, 2.05) is 0 Å². The number of hydrogen-bond acceptors (Lipinski definition) is 2. The van der Waals surface area contributed by atoms with Gasteiger partial charge in [0.2, 0.25) is 0 Å². The second-order valence-electron chi connectivity index (χ2n) is 4.66. The molecule has 1 aromatic rings. The molecule has 1 fully saturated rings. The zero-order valence-corrected chi connectivity index (χ0v) is 10.4. The Hall–Kier alpha value is -1.69. The van der Waals surface area contributed by atoms with Crippen LogP contribution >= 0.6 is 0 Å². The van der Waals surface area contributed by atoms with Gasteiger partial charge < -0.3 is 15.3 Å². The van der Waals surface area contributed by atoms with Crippen molar-refractivity contribution in [2.24, 2.45) is 5.92 Å². The molecule has 6 heteroatoms. The van der Waals surface area contributed by atoms with E-state index in [0.29, 0.717) is 13.1 Å². The molecule has 1 atom stereocenters. The van der Waals surface area contributed by atoms with Gasteiger partial charge in [0.05, 0.1) is 0 Å². The van der Waals surface area contributed by atoms with Crippen molar-refractivity contribution in [1.29, 1.82) is 0 Å². The number of halogens is 2. The predicted molar refractivity (Wildman–Crippen MR) is 66.8 cm³/mol. The Kier molecular flexibility index (Phi) is 4.31. The lowest BCUT2D eigenvalue weighted by atomic mass is 9.99. The highest BCUT2D eigenvalue weighted by molar-refractivity contribution is 5.89. The molecule has 1 unspecified atom stereocenters. The fourth-order valence-electron chi connectivity index (χ4n) is 2.20. The number of carbonyl (C=O) groups is 1. The van der Waals surface area contributed by atoms with Gasteiger partial charge in [-0.05, 0) is 30.9 Å². The molecule has 1 aromatic carbocycles. The lowest BCUT2D eigenvalue weighted by molar-refractivity contribution is 0.136. The summed E-state index contributed by atoms with van der Waals surface area (Å²) in [5.41, 5.74) is -0.432. The number of amides is 2. The molecule has 1 saturated heterocycles. The van der Waals surface area contributed by atoms with Crippen LogP contribution in [0.25, 0.3) is 0 Å². The molecular weight excluding hydrogens is 254 g/mol. The molecule has 0 spiro atoms. The van der Waals surface area contributed by atoms with Crippen LogP contribution < -0.4 is 5.32 Å². The number of rotatable bonds is 2. The highest BCUT2D eigenvalue weighted by atomic mass is 19.1. The first-order valence-electron chi connectivity index (χ1n) is 6.22. The number of aliphatic hydroxyl groups excluding tert-OH is 1. The molecule has 0 saturated carbocycles. The van der Waals surface area contributed by atoms with E-state index in [9.17, 15) is 13.6 Å². The van der Waals surface area contributed by atoms with Crippen LogP contribution in [-0.4, -0.2) is 35.7 Å². The summed E-state index contributed by atoms with van der Waals surface area (Å²) in [6.45, 7) is 0.939. The topological polar surface area (TPSA) is 52.6 Å². The average Bonchev–Trinajstić information content (AvgIpc) is 2.43. The zero-order chi connectivity index (χ0) is 13.8. The Morgan fingerprint density at radius 3 is 2.74 bits per heavy atom. The second-order valence-corrected chi connectivity index (χ2v) is 4.66. The molecule has 2 N–H and O–H groups in total. The van der Waals surface area contributed by atoms with Gasteiger partial charge in [0.1, 0.15) is 17.3 Å². The van der Waals surface area contributed by atoms with E-state index in [1.165, 1.54) is 11.0 Å². The highest BCUT2D eigenvalue weighted by Crippen LogP contribution is 2.20. The molecule has 2 amide bonds. The maximum absolute atomic E-state index is 13.4. The largest absolute Gasteiger partial charge is 0.396 e. The van der Waals surface area contributed by atoms with E-state index in [0.717, 1.165) is 25.0 Å². The minimum atomic E-state index is -0.802. The zero-order valence-electron chi connectivity index (χ0n) is 10.4. The molecule has 4 nitrogen and oxygen atoms in total. The van der Waals surface area contributed by atoms with E-state index >= 15 is 0 Å². The maximum atomic E-state index is 13.4. The van der Waals surface area contributed by atoms with E-state index in [-0.39, 0.29) is 12.5 Å². The Morgan fingerprint density at radius 2 is 2.11 bits per heavy atom. The summed E-state index contributed by atoms with van der Waals surface area (Å²) in [7, 11) is 0. The number of benzene rings is 1. The molecule has 0 bridgehead atoms. The summed E-state index contributed by atoms with van der Waals surface area (Å²) in [6, 6.07) is 2.88. The Labute approximate surface area is 110 Å². The first-order valence-corrected chi connectivity index (χ1v) is 6.22. The van der Waals surface area contributed by atoms with Crippen molar-refractivity contribution < 1.29 is 18.7 Å². The molecule has 1 aliphatic rings. The molecule has 0 aromatic heterocycles. The van der Waals surface area contributed by atoms with Crippen LogP contribution in [0.3, 0.4) is 0 Å². The van der Waals surface area contributed by atoms with Crippen molar-refractivity contribution in [3.8, 4) is 0 Å². The fourth-order valence-corrected chi connectivity index (χ4v) is 2.20. The molecule has 2 rings (SSSR count). The summed E-state index contributed by atoms with van der Waals surface area (Å²) >= 11 is 0. The summed E-state index contributed by atoms with van der Waals surface area (Å²) in [5.74, 6) is -1.57. The Morgan fingerprint density at radius 1 is 1.42 bits per heavy atom. The van der Waals surface area contributed by atoms with Crippen molar-refractivity contribution in [2.75, 3.05) is 25.0 Å². The third-order valence-corrected chi connectivity index (χ3v) is 3.26. The summed E-state index contributed by atoms with van der Waals surface area (Å²) in [6.07, 6.45) is 1.63. The number of nitrogens with zero attached hydrogens (tertiary/aromatic N) is 1. The minimum Gasteiger partial charge on any atom is -0.396 e. The molecular formula is C13H16F2N2O2. The van der Waals surface area contributed by atoms with Crippen LogP contribution in [0.5, 0.6) is 0 Å². The summed E-state index contributed by atoms with van der Waals surface area (Å²) < 4.78 is 26.8. The van der Waals surface area contributed by atoms with E-state index in [4.69, 9.17) is 5.11 Å². The van der Waals surface area contributed by atoms with Gasteiger partial charge in [0.25, 0.3) is 0 Å². The number of carbonyl (C=O) groups excluding carboxylic acids is 1. The van der Waals surface area contributed by atoms with Crippen molar-refractivity contribution in [3.05, 3.63) is 29.8 Å². The molecule has 19 heavy (non-hydrogen) atoms. The standard InChI is InChI=1S/C13H16F2N2O2/c14-10-4-1-5-11(15)12(10)16-13(19)17-6-2-3-9(7-17)8-18/h1,4-5,9,18H,2-3,6-8H2,(H,16,19). The molecule has 0 radical (unpaired) electrons. The quantitative estimate of drug-likeness (QED) is 0.865. The number of aliphatic hydroxyl groups is 1. The normalized spacial score (nSPS) is 19.3. The van der Waals surface area contributed by atoms with Gasteiger partial charge in [-0.3, -0.25) is 0 Å². The van der Waals surface area contributed by atoms with Crippen LogP contribution in [-0.2, 0) is 0 Å². The maximum Gasteiger partial charge on any atom is 0.322 e. The van der Waals surface area contributed by atoms with E-state index in [2.05, 4.69) is 5.32 Å². The fraction of sp³-hybridized carbons (Fsp3) is 0.462. The van der Waals surface area contributed by atoms with Crippen molar-refractivity contribution in [3.63, 3.8) is 0 Å². The Bertz CT molecular complexity index is 448. The summed E-state index contributed by atoms with van der Waals surface area (Å²) in [4.78, 5) is 13.4. The first kappa shape index (κ1) is 13.7. The first-order chi connectivity index (χ1) is 9.11. The summed E-state index contributed by atoms with van der Waals surface area (Å²) in [5, 5.41) is 11.3. The van der Waals surface area contributed by atoms with Gasteiger partial charge in [0.15, 0.2) is 0 Å². The number of nitrogens with one attached hydrogen (secondary N) is 1. The highest BCUT2D eigenvalue weighted by Gasteiger charge is 2.24. The van der Waals surface area contributed by atoms with Crippen molar-refractivity contribution in [2.45, 2.75) is 12.8 Å². The van der Waals surface area contributed by atoms with Gasteiger partial charge in [-0.2, -0.15) is 0 Å². The van der Waals surface area contributed by atoms with Gasteiger partial charge in [-0.25, -0.2) is 13.6 Å². The lowest BCUT2D eigenvalue weighted by Gasteiger charge is -2.31. The number of likely N-dealkylation sites (tertiary alicyclic amines) is 1. The molecule has 0 aliphatic carbocycles. The van der Waals surface area contributed by atoms with Crippen LogP contribution in [0.2, 0.25) is 0 Å². The van der Waals surface area contributed by atoms with Gasteiger partial charge in [-0.1, -0.05) is 6.07 Å². The number of piperidine rings is 1. The SMILES string of the molecule is O=C(Nc1c(F)cccc1F)N1CCCC(CO)C1. The van der Waals surface area contributed by atoms with E-state index in [1.54, 1.807) is 0 Å². The third-order valence-electron chi connectivity index (χ3n) is 3.26. The molecule has 1 heterocycles. The van der Waals surface area contributed by atoms with Crippen LogP contribution in [0.4, 0.5) is 19.3 Å². The van der Waals surface area contributed by atoms with E-state index < -0.39 is 23.4 Å². The average molecular weight is 270 g/mol. The number of para-hydroxylation sites is 1. The van der Waals surface area contributed by atoms with Gasteiger partial charge >= 0.3 is 6.03 Å². The number of urea groups is 1. The molecule has 1 aliphatic heterocycles. The second kappa shape index (κ2) is 5.97. The smallest absolute Gasteiger partial charge is 0.322 e. The number of anilines is 1. The Balaban J connectivity index is 2.04. The van der Waals surface area contributed by atoms with Gasteiger partial charge in [-0.15, -0.1) is 0 Å². The minimum absolute atomic E-state index is 0.0117. The van der Waals surface area contributed by atoms with Crippen molar-refractivity contribution in [1.82, 2.24) is 4.90 Å². The molecule has 104 valence electrons. The predicted octanol–water partition coefficient (Wildman–Crippen LogP) is 2.20. The third kappa shape index (κ3) is 3.20. The lowest BCUT2D eigenvalue weighted by Crippen LogP contribution is -2.43. The van der Waals surface area contributed by atoms with Gasteiger partial charge in [0, 0.05) is 19.7 Å². The van der Waals surface area contributed by atoms with Crippen LogP contribution in [0, 0.1) is 17.6 Å². The van der Waals surface area contributed by atoms with Crippen LogP contribution in [0.15, 0.2) is 18.2 Å². The monoisotopic (exact) mass is 270 g/mol. The van der Waals surface area contributed by atoms with Crippen molar-refractivity contribution >= 4 is 11.7 Å². The van der Waals surface area contributed by atoms with Crippen LogP contribution in [0.1, 0.15) is 12.8 Å².